The number of hydrogen-bond acceptors (Lipinski definition) is 5. The van der Waals surface area contributed by atoms with Crippen LogP contribution in [-0.4, -0.2) is 29.4 Å². The van der Waals surface area contributed by atoms with Crippen molar-refractivity contribution in [1.29, 1.82) is 0 Å². The molecule has 3 N–H and O–H groups in total. The Labute approximate surface area is 134 Å². The van der Waals surface area contributed by atoms with E-state index >= 15 is 0 Å². The number of aryl methyl sites for hydroxylation is 1. The maximum Gasteiger partial charge on any atom is 0.339 e. The van der Waals surface area contributed by atoms with Crippen molar-refractivity contribution in [1.82, 2.24) is 5.32 Å². The Morgan fingerprint density at radius 1 is 1.22 bits per heavy atom. The maximum absolute atomic E-state index is 12.1. The van der Waals surface area contributed by atoms with Crippen molar-refractivity contribution in [3.8, 4) is 0 Å². The standard InChI is InChI=1S/C18H23NO4/c1-2-19-10-14(20)17(21)13-8-5-9-15-16(13)11-6-3-4-7-12(11)18(22)23-15/h5,8-9,14,17,19-21H,2-4,6-7,10H2,1H3. The quantitative estimate of drug-likeness (QED) is 0.731. The van der Waals surface area contributed by atoms with E-state index in [1.807, 2.05) is 6.92 Å². The molecule has 5 nitrogen and oxygen atoms in total. The van der Waals surface area contributed by atoms with Gasteiger partial charge in [-0.2, -0.15) is 0 Å². The van der Waals surface area contributed by atoms with Crippen LogP contribution in [0.15, 0.2) is 27.4 Å². The summed E-state index contributed by atoms with van der Waals surface area (Å²) in [5.74, 6) is 0. The van der Waals surface area contributed by atoms with Gasteiger partial charge in [0.1, 0.15) is 11.7 Å². The fraction of sp³-hybridized carbons (Fsp3) is 0.500. The second-order valence-corrected chi connectivity index (χ2v) is 6.09. The lowest BCUT2D eigenvalue weighted by Gasteiger charge is -2.23. The Bertz CT molecular complexity index is 753. The highest BCUT2D eigenvalue weighted by Gasteiger charge is 2.25. The molecule has 0 saturated carbocycles. The Balaban J connectivity index is 2.12. The fourth-order valence-corrected chi connectivity index (χ4v) is 3.38. The molecular formula is C18H23NO4. The Kier molecular flexibility index (Phi) is 4.80. The first-order chi connectivity index (χ1) is 11.1. The number of aliphatic hydroxyl groups excluding tert-OH is 2. The van der Waals surface area contributed by atoms with E-state index < -0.39 is 12.2 Å². The number of nitrogens with one attached hydrogen (secondary N) is 1. The zero-order valence-electron chi connectivity index (χ0n) is 13.3. The van der Waals surface area contributed by atoms with Gasteiger partial charge in [0.05, 0.1) is 6.10 Å². The molecule has 0 saturated heterocycles. The molecular weight excluding hydrogens is 294 g/mol. The minimum Gasteiger partial charge on any atom is -0.422 e. The molecule has 1 aliphatic carbocycles. The molecule has 3 rings (SSSR count). The molecule has 5 heteroatoms. The lowest BCUT2D eigenvalue weighted by molar-refractivity contribution is 0.0202. The minimum atomic E-state index is -1.02. The number of fused-ring (bicyclic) bond motifs is 3. The van der Waals surface area contributed by atoms with Gasteiger partial charge in [-0.1, -0.05) is 19.1 Å². The topological polar surface area (TPSA) is 82.7 Å². The molecule has 124 valence electrons. The molecule has 0 amide bonds. The zero-order valence-corrected chi connectivity index (χ0v) is 13.3. The van der Waals surface area contributed by atoms with Gasteiger partial charge < -0.3 is 19.9 Å². The van der Waals surface area contributed by atoms with Crippen molar-refractivity contribution in [3.05, 3.63) is 45.3 Å². The van der Waals surface area contributed by atoms with Crippen LogP contribution in [-0.2, 0) is 12.8 Å². The van der Waals surface area contributed by atoms with E-state index in [0.29, 0.717) is 17.7 Å². The molecule has 1 heterocycles. The van der Waals surface area contributed by atoms with Crippen LogP contribution in [0.5, 0.6) is 0 Å². The summed E-state index contributed by atoms with van der Waals surface area (Å²) >= 11 is 0. The number of aliphatic hydroxyl groups is 2. The van der Waals surface area contributed by atoms with Crippen LogP contribution < -0.4 is 10.9 Å². The third kappa shape index (κ3) is 3.04. The molecule has 23 heavy (non-hydrogen) atoms. The maximum atomic E-state index is 12.1. The summed E-state index contributed by atoms with van der Waals surface area (Å²) in [5.41, 5.74) is 2.56. The van der Waals surface area contributed by atoms with Gasteiger partial charge in [-0.05, 0) is 49.4 Å². The van der Waals surface area contributed by atoms with Crippen molar-refractivity contribution in [2.45, 2.75) is 44.8 Å². The molecule has 1 aliphatic rings. The second kappa shape index (κ2) is 6.83. The highest BCUT2D eigenvalue weighted by Crippen LogP contribution is 2.33. The molecule has 0 spiro atoms. The third-order valence-corrected chi connectivity index (χ3v) is 4.56. The number of hydrogen-bond donors (Lipinski definition) is 3. The van der Waals surface area contributed by atoms with E-state index in [0.717, 1.165) is 48.7 Å². The zero-order chi connectivity index (χ0) is 16.4. The predicted octanol–water partition coefficient (Wildman–Crippen LogP) is 1.68. The minimum absolute atomic E-state index is 0.271. The van der Waals surface area contributed by atoms with Gasteiger partial charge in [-0.3, -0.25) is 0 Å². The van der Waals surface area contributed by atoms with Crippen LogP contribution in [0.4, 0.5) is 0 Å². The first-order valence-corrected chi connectivity index (χ1v) is 8.27. The van der Waals surface area contributed by atoms with E-state index in [9.17, 15) is 15.0 Å². The third-order valence-electron chi connectivity index (χ3n) is 4.56. The normalized spacial score (nSPS) is 17.0. The van der Waals surface area contributed by atoms with Gasteiger partial charge in [0.25, 0.3) is 0 Å². The fourth-order valence-electron chi connectivity index (χ4n) is 3.38. The van der Waals surface area contributed by atoms with Crippen LogP contribution in [0.25, 0.3) is 11.0 Å². The first kappa shape index (κ1) is 16.2. The molecule has 2 aromatic rings. The summed E-state index contributed by atoms with van der Waals surface area (Å²) in [6.45, 7) is 2.98. The Hall–Kier alpha value is -1.69. The van der Waals surface area contributed by atoms with Gasteiger partial charge in [0.2, 0.25) is 0 Å². The molecule has 0 fully saturated rings. The number of benzene rings is 1. The highest BCUT2D eigenvalue weighted by atomic mass is 16.4. The van der Waals surface area contributed by atoms with Gasteiger partial charge in [-0.15, -0.1) is 0 Å². The van der Waals surface area contributed by atoms with Crippen molar-refractivity contribution in [3.63, 3.8) is 0 Å². The summed E-state index contributed by atoms with van der Waals surface area (Å²) < 4.78 is 5.45. The number of rotatable bonds is 5. The summed E-state index contributed by atoms with van der Waals surface area (Å²) in [6, 6.07) is 5.30. The van der Waals surface area contributed by atoms with Crippen LogP contribution in [0.1, 0.15) is 42.6 Å². The van der Waals surface area contributed by atoms with Crippen LogP contribution >= 0.6 is 0 Å². The van der Waals surface area contributed by atoms with E-state index in [2.05, 4.69) is 5.32 Å². The summed E-state index contributed by atoms with van der Waals surface area (Å²) in [5, 5.41) is 24.6. The van der Waals surface area contributed by atoms with Crippen LogP contribution in [0.3, 0.4) is 0 Å². The van der Waals surface area contributed by atoms with E-state index in [1.54, 1.807) is 18.2 Å². The van der Waals surface area contributed by atoms with Crippen molar-refractivity contribution < 1.29 is 14.6 Å². The molecule has 0 radical (unpaired) electrons. The smallest absolute Gasteiger partial charge is 0.339 e. The molecule has 0 aliphatic heterocycles. The van der Waals surface area contributed by atoms with Gasteiger partial charge in [-0.25, -0.2) is 4.79 Å². The van der Waals surface area contributed by atoms with E-state index in [1.165, 1.54) is 0 Å². The van der Waals surface area contributed by atoms with Crippen molar-refractivity contribution in [2.75, 3.05) is 13.1 Å². The van der Waals surface area contributed by atoms with Crippen molar-refractivity contribution in [2.24, 2.45) is 0 Å². The van der Waals surface area contributed by atoms with Gasteiger partial charge in [0, 0.05) is 17.5 Å². The van der Waals surface area contributed by atoms with E-state index in [-0.39, 0.29) is 5.63 Å². The largest absolute Gasteiger partial charge is 0.422 e. The van der Waals surface area contributed by atoms with Gasteiger partial charge >= 0.3 is 5.63 Å². The Morgan fingerprint density at radius 2 is 1.96 bits per heavy atom. The van der Waals surface area contributed by atoms with Crippen LogP contribution in [0.2, 0.25) is 0 Å². The lowest BCUT2D eigenvalue weighted by Crippen LogP contribution is -2.32. The summed E-state index contributed by atoms with van der Waals surface area (Å²) in [4.78, 5) is 12.1. The van der Waals surface area contributed by atoms with E-state index in [4.69, 9.17) is 4.42 Å². The number of likely N-dealkylation sites (N-methyl/N-ethyl adjacent to an activating group) is 1. The average molecular weight is 317 g/mol. The molecule has 0 bridgehead atoms. The first-order valence-electron chi connectivity index (χ1n) is 8.27. The summed E-state index contributed by atoms with van der Waals surface area (Å²) in [7, 11) is 0. The average Bonchev–Trinajstić information content (AvgIpc) is 2.58. The molecule has 2 atom stereocenters. The Morgan fingerprint density at radius 3 is 2.70 bits per heavy atom. The van der Waals surface area contributed by atoms with Crippen LogP contribution in [0, 0.1) is 0 Å². The second-order valence-electron chi connectivity index (χ2n) is 6.09. The van der Waals surface area contributed by atoms with Crippen molar-refractivity contribution >= 4 is 11.0 Å². The molecule has 1 aromatic carbocycles. The monoisotopic (exact) mass is 317 g/mol. The SMILES string of the molecule is CCNCC(O)C(O)c1cccc2oc(=O)c3c(c12)CCCC3. The molecule has 2 unspecified atom stereocenters. The highest BCUT2D eigenvalue weighted by molar-refractivity contribution is 5.85. The van der Waals surface area contributed by atoms with Gasteiger partial charge in [0.15, 0.2) is 0 Å². The predicted molar refractivity (Wildman–Crippen MR) is 88.6 cm³/mol. The summed E-state index contributed by atoms with van der Waals surface area (Å²) in [6.07, 6.45) is 1.61. The molecule has 1 aromatic heterocycles. The lowest BCUT2D eigenvalue weighted by atomic mass is 9.87.